The Morgan fingerprint density at radius 1 is 0.951 bits per heavy atom. The number of thioether (sulfide) groups is 2. The van der Waals surface area contributed by atoms with Gasteiger partial charge < -0.3 is 10.1 Å². The first-order valence-corrected chi connectivity index (χ1v) is 16.0. The quantitative estimate of drug-likeness (QED) is 0.224. The average molecular weight is 601 g/mol. The van der Waals surface area contributed by atoms with Crippen molar-refractivity contribution in [1.29, 1.82) is 5.26 Å². The van der Waals surface area contributed by atoms with E-state index in [2.05, 4.69) is 11.4 Å². The van der Waals surface area contributed by atoms with E-state index in [1.54, 1.807) is 47.8 Å². The predicted octanol–water partition coefficient (Wildman–Crippen LogP) is 7.03. The molecule has 0 saturated heterocycles. The molecule has 0 bridgehead atoms. The minimum Gasteiger partial charge on any atom is -0.444 e. The van der Waals surface area contributed by atoms with Crippen molar-refractivity contribution in [3.8, 4) is 6.07 Å². The molecule has 2 aromatic carbocycles. The third-order valence-corrected chi connectivity index (χ3v) is 8.27. The summed E-state index contributed by atoms with van der Waals surface area (Å²) in [6, 6.07) is 12.2. The molecule has 41 heavy (non-hydrogen) atoms. The average Bonchev–Trinajstić information content (AvgIpc) is 3.83. The number of nitrogens with one attached hydrogen (secondary N) is 1. The first-order chi connectivity index (χ1) is 19.3. The summed E-state index contributed by atoms with van der Waals surface area (Å²) in [6.07, 6.45) is 7.15. The molecule has 4 rings (SSSR count). The van der Waals surface area contributed by atoms with Crippen LogP contribution in [0.4, 0.5) is 16.2 Å². The van der Waals surface area contributed by atoms with Crippen LogP contribution in [-0.4, -0.2) is 40.6 Å². The largest absolute Gasteiger partial charge is 0.444 e. The second-order valence-corrected chi connectivity index (χ2v) is 13.1. The first kappa shape index (κ1) is 32.2. The number of carbonyl (C=O) groups excluding carboxylic acids is 1. The third kappa shape index (κ3) is 8.36. The minimum absolute atomic E-state index is 0.103. The van der Waals surface area contributed by atoms with Crippen molar-refractivity contribution in [3.05, 3.63) is 78.9 Å². The topological polar surface area (TPSA) is 148 Å². The van der Waals surface area contributed by atoms with Crippen molar-refractivity contribution in [3.63, 3.8) is 0 Å². The van der Waals surface area contributed by atoms with Crippen molar-refractivity contribution in [2.45, 2.75) is 74.4 Å². The van der Waals surface area contributed by atoms with Gasteiger partial charge in [0.25, 0.3) is 11.4 Å². The Hall–Kier alpha value is -3.30. The fourth-order valence-corrected chi connectivity index (χ4v) is 5.84. The molecule has 10 nitrogen and oxygen atoms in total. The van der Waals surface area contributed by atoms with E-state index in [0.29, 0.717) is 18.1 Å². The summed E-state index contributed by atoms with van der Waals surface area (Å²) >= 11 is 3.24. The third-order valence-electron chi connectivity index (χ3n) is 7.07. The molecule has 220 valence electrons. The summed E-state index contributed by atoms with van der Waals surface area (Å²) in [6.45, 7) is 5.96. The first-order valence-electron chi connectivity index (χ1n) is 13.2. The zero-order valence-electron chi connectivity index (χ0n) is 24.0. The van der Waals surface area contributed by atoms with E-state index in [1.165, 1.54) is 6.07 Å². The Balaban J connectivity index is 0.000000239. The maximum Gasteiger partial charge on any atom is 0.407 e. The van der Waals surface area contributed by atoms with Crippen molar-refractivity contribution in [2.75, 3.05) is 19.1 Å². The second-order valence-electron chi connectivity index (χ2n) is 11.4. The molecule has 2 aromatic rings. The summed E-state index contributed by atoms with van der Waals surface area (Å²) in [7, 11) is 0. The molecule has 2 saturated carbocycles. The van der Waals surface area contributed by atoms with Crippen LogP contribution in [0.15, 0.2) is 36.4 Å². The number of amides is 1. The van der Waals surface area contributed by atoms with Crippen molar-refractivity contribution in [1.82, 2.24) is 5.32 Å². The Morgan fingerprint density at radius 2 is 1.44 bits per heavy atom. The highest BCUT2D eigenvalue weighted by Crippen LogP contribution is 2.50. The van der Waals surface area contributed by atoms with Crippen molar-refractivity contribution < 1.29 is 19.4 Å². The molecule has 1 N–H and O–H groups in total. The summed E-state index contributed by atoms with van der Waals surface area (Å²) in [4.78, 5) is 32.9. The number of hydrogen-bond donors (Lipinski definition) is 1. The molecule has 0 heterocycles. The van der Waals surface area contributed by atoms with E-state index >= 15 is 0 Å². The lowest BCUT2D eigenvalue weighted by Crippen LogP contribution is -2.37. The standard InChI is InChI=1S/C17H24N2O4S.C12H12N2O2S/c1-16(2,3)23-15(20)18-11-17(7-8-17)14-6-5-13(19(21)22)9-12(14)10-24-4;1-17-7-9-6-10(14(15)16)2-3-11(9)12(8-13)4-5-12/h5-6,9H,7-8,10-11H2,1-4H3,(H,18,20);2-3,6H,4-5,7H2,1H3. The zero-order valence-corrected chi connectivity index (χ0v) is 25.7. The number of hydrogen-bond acceptors (Lipinski definition) is 9. The number of rotatable bonds is 10. The lowest BCUT2D eigenvalue weighted by molar-refractivity contribution is -0.385. The molecule has 0 spiro atoms. The molecule has 0 aromatic heterocycles. The van der Waals surface area contributed by atoms with E-state index in [1.807, 2.05) is 39.3 Å². The van der Waals surface area contributed by atoms with Gasteiger partial charge in [-0.05, 0) is 81.2 Å². The molecule has 0 aliphatic heterocycles. The van der Waals surface area contributed by atoms with Crippen LogP contribution in [0, 0.1) is 31.6 Å². The van der Waals surface area contributed by atoms with Gasteiger partial charge in [-0.25, -0.2) is 4.79 Å². The highest BCUT2D eigenvalue weighted by atomic mass is 32.2. The summed E-state index contributed by atoms with van der Waals surface area (Å²) in [5.41, 5.74) is 3.14. The number of nitriles is 1. The van der Waals surface area contributed by atoms with E-state index < -0.39 is 11.7 Å². The molecule has 0 radical (unpaired) electrons. The van der Waals surface area contributed by atoms with Crippen molar-refractivity contribution in [2.24, 2.45) is 0 Å². The molecule has 2 fully saturated rings. The summed E-state index contributed by atoms with van der Waals surface area (Å²) in [5, 5.41) is 33.8. The number of non-ortho nitro benzene ring substituents is 2. The normalized spacial score (nSPS) is 15.9. The van der Waals surface area contributed by atoms with Gasteiger partial charge in [0.1, 0.15) is 5.60 Å². The van der Waals surface area contributed by atoms with Crippen LogP contribution in [0.1, 0.15) is 68.7 Å². The molecule has 2 aliphatic carbocycles. The molecule has 1 amide bonds. The molecular weight excluding hydrogens is 564 g/mol. The Morgan fingerprint density at radius 3 is 1.83 bits per heavy atom. The van der Waals surface area contributed by atoms with Gasteiger partial charge in [-0.15, -0.1) is 0 Å². The number of benzene rings is 2. The summed E-state index contributed by atoms with van der Waals surface area (Å²) < 4.78 is 5.28. The number of nitrogens with zero attached hydrogens (tertiary/aromatic N) is 3. The fourth-order valence-electron chi connectivity index (χ4n) is 4.74. The number of alkyl carbamates (subject to hydrolysis) is 1. The van der Waals surface area contributed by atoms with Gasteiger partial charge in [-0.3, -0.25) is 20.2 Å². The highest BCUT2D eigenvalue weighted by Gasteiger charge is 2.47. The number of carbonyl (C=O) groups is 1. The molecule has 0 unspecified atom stereocenters. The fraction of sp³-hybridized carbons (Fsp3) is 0.517. The van der Waals surface area contributed by atoms with Crippen LogP contribution in [-0.2, 0) is 27.1 Å². The number of nitro groups is 2. The lowest BCUT2D eigenvalue weighted by atomic mass is 9.91. The zero-order chi connectivity index (χ0) is 30.4. The van der Waals surface area contributed by atoms with E-state index in [0.717, 1.165) is 47.9 Å². The summed E-state index contributed by atoms with van der Waals surface area (Å²) in [5.74, 6) is 1.42. The number of ether oxygens (including phenoxy) is 1. The van der Waals surface area contributed by atoms with Gasteiger partial charge >= 0.3 is 6.09 Å². The van der Waals surface area contributed by atoms with E-state index in [4.69, 9.17) is 4.74 Å². The molecule has 12 heteroatoms. The number of nitro benzene ring substituents is 2. The SMILES string of the molecule is CSCc1cc([N+](=O)[O-])ccc1C1(C#N)CC1.CSCc1cc([N+](=O)[O-])ccc1C1(CNC(=O)OC(C)(C)C)CC1. The van der Waals surface area contributed by atoms with Crippen LogP contribution < -0.4 is 5.32 Å². The van der Waals surface area contributed by atoms with Crippen LogP contribution in [0.5, 0.6) is 0 Å². The maximum atomic E-state index is 11.9. The highest BCUT2D eigenvalue weighted by molar-refractivity contribution is 7.98. The predicted molar refractivity (Wildman–Crippen MR) is 162 cm³/mol. The van der Waals surface area contributed by atoms with Gasteiger partial charge in [0, 0.05) is 47.7 Å². The Kier molecular flexibility index (Phi) is 10.3. The van der Waals surface area contributed by atoms with Gasteiger partial charge in [-0.2, -0.15) is 28.8 Å². The monoisotopic (exact) mass is 600 g/mol. The van der Waals surface area contributed by atoms with Gasteiger partial charge in [0.05, 0.1) is 21.3 Å². The minimum atomic E-state index is -0.530. The Bertz CT molecular complexity index is 1340. The molecule has 2 aliphatic rings. The Labute approximate surface area is 248 Å². The van der Waals surface area contributed by atoms with E-state index in [9.17, 15) is 30.3 Å². The van der Waals surface area contributed by atoms with Gasteiger partial charge in [0.2, 0.25) is 0 Å². The smallest absolute Gasteiger partial charge is 0.407 e. The van der Waals surface area contributed by atoms with Gasteiger partial charge in [0.15, 0.2) is 0 Å². The lowest BCUT2D eigenvalue weighted by Gasteiger charge is -2.23. The van der Waals surface area contributed by atoms with E-state index in [-0.39, 0.29) is 32.1 Å². The van der Waals surface area contributed by atoms with Crippen LogP contribution in [0.25, 0.3) is 0 Å². The van der Waals surface area contributed by atoms with Crippen LogP contribution in [0.2, 0.25) is 0 Å². The van der Waals surface area contributed by atoms with Crippen molar-refractivity contribution >= 4 is 41.0 Å². The molecule has 0 atom stereocenters. The van der Waals surface area contributed by atoms with Crippen LogP contribution in [0.3, 0.4) is 0 Å². The second kappa shape index (κ2) is 13.1. The van der Waals surface area contributed by atoms with Gasteiger partial charge in [-0.1, -0.05) is 12.1 Å². The maximum absolute atomic E-state index is 11.9. The molecular formula is C29H36N4O6S2. The van der Waals surface area contributed by atoms with Crippen LogP contribution >= 0.6 is 23.5 Å².